The number of aliphatic hydroxyl groups is 2. The van der Waals surface area contributed by atoms with Crippen LogP contribution in [0.5, 0.6) is 0 Å². The van der Waals surface area contributed by atoms with Gasteiger partial charge in [0.1, 0.15) is 0 Å². The average molecular weight is 415 g/mol. The summed E-state index contributed by atoms with van der Waals surface area (Å²) in [5.74, 6) is 4.13. The third-order valence-electron chi connectivity index (χ3n) is 8.62. The number of thioether (sulfide) groups is 1. The SMILES string of the molecule is C=C1CC2C3CCC4=CC(=O)CC[C@]4(C)C3[C@@H](O)C[C@]2(C)[C@]1(O)C#CSC(C)C. The molecule has 0 aliphatic heterocycles. The summed E-state index contributed by atoms with van der Waals surface area (Å²) in [5.41, 5.74) is 0.194. The van der Waals surface area contributed by atoms with Crippen molar-refractivity contribution in [1.29, 1.82) is 0 Å². The Morgan fingerprint density at radius 2 is 2.03 bits per heavy atom. The van der Waals surface area contributed by atoms with Crippen LogP contribution in [-0.2, 0) is 4.79 Å². The van der Waals surface area contributed by atoms with Gasteiger partial charge in [-0.3, -0.25) is 4.79 Å². The highest BCUT2D eigenvalue weighted by Crippen LogP contribution is 2.68. The highest BCUT2D eigenvalue weighted by atomic mass is 32.2. The molecule has 29 heavy (non-hydrogen) atoms. The minimum absolute atomic E-state index is 0.112. The lowest BCUT2D eigenvalue weighted by Gasteiger charge is -2.60. The van der Waals surface area contributed by atoms with Crippen LogP contribution in [0.2, 0.25) is 0 Å². The van der Waals surface area contributed by atoms with Gasteiger partial charge in [-0.2, -0.15) is 0 Å². The molecule has 158 valence electrons. The fraction of sp³-hybridized carbons (Fsp3) is 0.720. The molecular formula is C25H34O3S. The normalized spacial score (nSPS) is 46.4. The number of hydrogen-bond donors (Lipinski definition) is 2. The molecule has 0 aromatic heterocycles. The van der Waals surface area contributed by atoms with Gasteiger partial charge in [-0.05, 0) is 72.2 Å². The molecule has 3 unspecified atom stereocenters. The van der Waals surface area contributed by atoms with Crippen LogP contribution >= 0.6 is 11.8 Å². The van der Waals surface area contributed by atoms with Crippen molar-refractivity contribution in [2.75, 3.05) is 0 Å². The number of hydrogen-bond acceptors (Lipinski definition) is 4. The molecule has 4 rings (SSSR count). The molecule has 0 bridgehead atoms. The van der Waals surface area contributed by atoms with E-state index >= 15 is 0 Å². The lowest BCUT2D eigenvalue weighted by molar-refractivity contribution is -0.153. The van der Waals surface area contributed by atoms with Gasteiger partial charge < -0.3 is 10.2 Å². The lowest BCUT2D eigenvalue weighted by atomic mass is 9.45. The summed E-state index contributed by atoms with van der Waals surface area (Å²) in [6, 6.07) is 0. The maximum atomic E-state index is 12.0. The molecule has 0 aromatic rings. The molecule has 0 heterocycles. The molecule has 2 N–H and O–H groups in total. The first-order chi connectivity index (χ1) is 13.5. The second-order valence-electron chi connectivity index (χ2n) is 10.5. The summed E-state index contributed by atoms with van der Waals surface area (Å²) in [6.07, 6.45) is 5.96. The maximum absolute atomic E-state index is 12.0. The zero-order valence-corrected chi connectivity index (χ0v) is 18.9. The highest BCUT2D eigenvalue weighted by Gasteiger charge is 2.67. The predicted octanol–water partition coefficient (Wildman–Crippen LogP) is 4.49. The van der Waals surface area contributed by atoms with Gasteiger partial charge in [0.15, 0.2) is 11.4 Å². The van der Waals surface area contributed by atoms with Crippen molar-refractivity contribution < 1.29 is 15.0 Å². The zero-order chi connectivity index (χ0) is 21.2. The fourth-order valence-corrected chi connectivity index (χ4v) is 7.54. The zero-order valence-electron chi connectivity index (χ0n) is 18.1. The lowest BCUT2D eigenvalue weighted by Crippen LogP contribution is -2.59. The predicted molar refractivity (Wildman–Crippen MR) is 118 cm³/mol. The van der Waals surface area contributed by atoms with E-state index in [0.29, 0.717) is 24.0 Å². The van der Waals surface area contributed by atoms with Crippen LogP contribution in [0.25, 0.3) is 0 Å². The van der Waals surface area contributed by atoms with Crippen molar-refractivity contribution in [3.8, 4) is 11.2 Å². The molecule has 3 fully saturated rings. The molecule has 0 aromatic carbocycles. The summed E-state index contributed by atoms with van der Waals surface area (Å²) >= 11 is 1.53. The first-order valence-electron chi connectivity index (χ1n) is 11.0. The number of carbonyl (C=O) groups excluding carboxylic acids is 1. The third-order valence-corrected chi connectivity index (χ3v) is 9.31. The first-order valence-corrected chi connectivity index (χ1v) is 11.9. The maximum Gasteiger partial charge on any atom is 0.155 e. The Morgan fingerprint density at radius 1 is 1.31 bits per heavy atom. The third kappa shape index (κ3) is 2.99. The van der Waals surface area contributed by atoms with Crippen LogP contribution < -0.4 is 0 Å². The molecule has 0 spiro atoms. The minimum atomic E-state index is -1.24. The number of fused-ring (bicyclic) bond motifs is 5. The van der Waals surface area contributed by atoms with Crippen molar-refractivity contribution in [3.05, 3.63) is 23.8 Å². The van der Waals surface area contributed by atoms with Crippen LogP contribution in [-0.4, -0.2) is 33.0 Å². The van der Waals surface area contributed by atoms with E-state index in [1.807, 2.05) is 6.08 Å². The van der Waals surface area contributed by atoms with E-state index in [1.54, 1.807) is 0 Å². The molecular weight excluding hydrogens is 380 g/mol. The van der Waals surface area contributed by atoms with E-state index in [0.717, 1.165) is 31.3 Å². The van der Waals surface area contributed by atoms with Crippen molar-refractivity contribution in [3.63, 3.8) is 0 Å². The van der Waals surface area contributed by atoms with E-state index in [-0.39, 0.29) is 23.0 Å². The Balaban J connectivity index is 1.72. The van der Waals surface area contributed by atoms with Gasteiger partial charge in [-0.25, -0.2) is 0 Å². The molecule has 7 atom stereocenters. The smallest absolute Gasteiger partial charge is 0.155 e. The molecule has 4 aliphatic rings. The molecule has 4 aliphatic carbocycles. The average Bonchev–Trinajstić information content (AvgIpc) is 2.82. The van der Waals surface area contributed by atoms with Gasteiger partial charge >= 0.3 is 0 Å². The van der Waals surface area contributed by atoms with Crippen molar-refractivity contribution in [1.82, 2.24) is 0 Å². The summed E-state index contributed by atoms with van der Waals surface area (Å²) in [4.78, 5) is 12.0. The quantitative estimate of drug-likeness (QED) is 0.490. The van der Waals surface area contributed by atoms with E-state index in [1.165, 1.54) is 17.3 Å². The fourth-order valence-electron chi connectivity index (χ4n) is 7.10. The largest absolute Gasteiger partial charge is 0.393 e. The van der Waals surface area contributed by atoms with Gasteiger partial charge in [-0.15, -0.1) is 0 Å². The Kier molecular flexibility index (Phi) is 5.13. The number of carbonyl (C=O) groups is 1. The molecule has 0 radical (unpaired) electrons. The summed E-state index contributed by atoms with van der Waals surface area (Å²) in [5, 5.41) is 26.6. The topological polar surface area (TPSA) is 57.5 Å². The second-order valence-corrected chi connectivity index (χ2v) is 11.9. The number of rotatable bonds is 1. The van der Waals surface area contributed by atoms with Gasteiger partial charge in [0, 0.05) is 17.1 Å². The summed E-state index contributed by atoms with van der Waals surface area (Å²) in [6.45, 7) is 12.8. The Bertz CT molecular complexity index is 833. The Morgan fingerprint density at radius 3 is 2.72 bits per heavy atom. The number of aliphatic hydroxyl groups excluding tert-OH is 1. The van der Waals surface area contributed by atoms with E-state index in [9.17, 15) is 15.0 Å². The molecule has 0 amide bonds. The number of ketones is 1. The first kappa shape index (κ1) is 21.2. The molecule has 3 saturated carbocycles. The van der Waals surface area contributed by atoms with Crippen LogP contribution in [0.15, 0.2) is 23.8 Å². The van der Waals surface area contributed by atoms with Gasteiger partial charge in [0.25, 0.3) is 0 Å². The van der Waals surface area contributed by atoms with Crippen molar-refractivity contribution in [2.24, 2.45) is 28.6 Å². The van der Waals surface area contributed by atoms with Crippen molar-refractivity contribution in [2.45, 2.75) is 83.2 Å². The van der Waals surface area contributed by atoms with E-state index in [2.05, 4.69) is 45.4 Å². The van der Waals surface area contributed by atoms with Gasteiger partial charge in [0.05, 0.1) is 6.10 Å². The van der Waals surface area contributed by atoms with E-state index in [4.69, 9.17) is 0 Å². The van der Waals surface area contributed by atoms with Crippen LogP contribution in [0.3, 0.4) is 0 Å². The van der Waals surface area contributed by atoms with Crippen LogP contribution in [0.1, 0.15) is 66.2 Å². The second kappa shape index (κ2) is 7.01. The van der Waals surface area contributed by atoms with Gasteiger partial charge in [-0.1, -0.05) is 57.5 Å². The minimum Gasteiger partial charge on any atom is -0.393 e. The summed E-state index contributed by atoms with van der Waals surface area (Å²) in [7, 11) is 0. The molecule has 0 saturated heterocycles. The monoisotopic (exact) mass is 414 g/mol. The van der Waals surface area contributed by atoms with Crippen molar-refractivity contribution >= 4 is 17.5 Å². The van der Waals surface area contributed by atoms with Crippen LogP contribution in [0, 0.1) is 39.8 Å². The molecule has 3 nitrogen and oxygen atoms in total. The van der Waals surface area contributed by atoms with E-state index < -0.39 is 17.1 Å². The summed E-state index contributed by atoms with van der Waals surface area (Å²) < 4.78 is 0. The highest BCUT2D eigenvalue weighted by molar-refractivity contribution is 8.04. The molecule has 4 heteroatoms. The van der Waals surface area contributed by atoms with Gasteiger partial charge in [0.2, 0.25) is 0 Å². The van der Waals surface area contributed by atoms with Crippen LogP contribution in [0.4, 0.5) is 0 Å². The number of allylic oxidation sites excluding steroid dienone is 1. The Hall–Kier alpha value is -1.02. The Labute approximate surface area is 179 Å². The standard InChI is InChI=1S/C25H34O3S/c1-15(2)29-11-10-25(28)16(3)12-20-19-7-6-17-13-18(26)8-9-23(17,4)22(19)21(27)14-24(20,25)5/h13,15,19-22,27-28H,3,6-9,12,14H2,1-2,4-5H3/t19?,20?,21-,22?,23-,24-,25-/m0/s1.